The first-order valence-corrected chi connectivity index (χ1v) is 16.0. The summed E-state index contributed by atoms with van der Waals surface area (Å²) < 4.78 is 0. The van der Waals surface area contributed by atoms with E-state index in [0.29, 0.717) is 25.3 Å². The Hall–Kier alpha value is -3.86. The van der Waals surface area contributed by atoms with Crippen LogP contribution in [0, 0.1) is 0 Å². The van der Waals surface area contributed by atoms with Crippen LogP contribution >= 0.6 is 11.8 Å². The fraction of sp³-hybridized carbons (Fsp3) is 0.364. The summed E-state index contributed by atoms with van der Waals surface area (Å²) in [4.78, 5) is 44.5. The fourth-order valence-corrected chi connectivity index (χ4v) is 6.74. The Morgan fingerprint density at radius 2 is 1.79 bits per heavy atom. The number of amides is 2. The van der Waals surface area contributed by atoms with Gasteiger partial charge in [-0.3, -0.25) is 9.59 Å². The van der Waals surface area contributed by atoms with Crippen LogP contribution in [0.2, 0.25) is 0 Å². The van der Waals surface area contributed by atoms with Gasteiger partial charge in [0.15, 0.2) is 0 Å². The molecule has 3 aromatic carbocycles. The molecule has 3 atom stereocenters. The highest BCUT2D eigenvalue weighted by Crippen LogP contribution is 2.23. The number of unbranched alkanes of at least 4 members (excludes halogenated alkanes) is 1. The van der Waals surface area contributed by atoms with E-state index in [1.54, 1.807) is 0 Å². The largest absolute Gasteiger partial charge is 0.480 e. The van der Waals surface area contributed by atoms with Gasteiger partial charge in [0.2, 0.25) is 11.8 Å². The Kier molecular flexibility index (Phi) is 10.3. The molecule has 1 fully saturated rings. The number of carboxylic acids is 1. The lowest BCUT2D eigenvalue weighted by Gasteiger charge is -2.34. The predicted molar refractivity (Wildman–Crippen MR) is 172 cm³/mol. The number of nitrogens with two attached hydrogens (primary N) is 1. The van der Waals surface area contributed by atoms with Gasteiger partial charge in [-0.1, -0.05) is 67.1 Å². The maximum Gasteiger partial charge on any atom is 0.326 e. The van der Waals surface area contributed by atoms with Gasteiger partial charge < -0.3 is 31.4 Å². The molecule has 43 heavy (non-hydrogen) atoms. The van der Waals surface area contributed by atoms with Crippen molar-refractivity contribution in [3.8, 4) is 0 Å². The van der Waals surface area contributed by atoms with E-state index in [1.165, 1.54) is 16.7 Å². The quantitative estimate of drug-likeness (QED) is 0.165. The maximum absolute atomic E-state index is 13.6. The minimum atomic E-state index is -1.07. The van der Waals surface area contributed by atoms with Crippen molar-refractivity contribution >= 4 is 51.2 Å². The van der Waals surface area contributed by atoms with Gasteiger partial charge in [0.05, 0.1) is 11.8 Å². The lowest BCUT2D eigenvalue weighted by molar-refractivity contribution is -0.149. The van der Waals surface area contributed by atoms with Crippen LogP contribution in [-0.2, 0) is 27.3 Å². The highest BCUT2D eigenvalue weighted by atomic mass is 32.2. The molecule has 5 rings (SSSR count). The first-order valence-electron chi connectivity index (χ1n) is 14.8. The molecule has 1 aliphatic heterocycles. The first-order chi connectivity index (χ1) is 20.9. The molecule has 0 aliphatic carbocycles. The van der Waals surface area contributed by atoms with Crippen LogP contribution in [0.3, 0.4) is 0 Å². The number of aromatic nitrogens is 1. The summed E-state index contributed by atoms with van der Waals surface area (Å²) in [5.41, 5.74) is 8.59. The van der Waals surface area contributed by atoms with Crippen molar-refractivity contribution in [3.63, 3.8) is 0 Å². The number of nitrogens with one attached hydrogen (secondary N) is 3. The van der Waals surface area contributed by atoms with Crippen LogP contribution < -0.4 is 16.4 Å². The third-order valence-electron chi connectivity index (χ3n) is 8.09. The zero-order valence-corrected chi connectivity index (χ0v) is 24.9. The fourth-order valence-electron chi connectivity index (χ4n) is 5.78. The van der Waals surface area contributed by atoms with Crippen molar-refractivity contribution < 1.29 is 19.5 Å². The zero-order chi connectivity index (χ0) is 30.2. The monoisotopic (exact) mass is 601 g/mol. The number of carbonyl (C=O) groups excluding carboxylic acids is 2. The van der Waals surface area contributed by atoms with Crippen LogP contribution in [0.4, 0.5) is 0 Å². The number of aliphatic carboxylic acids is 1. The van der Waals surface area contributed by atoms with Gasteiger partial charge in [0, 0.05) is 48.4 Å². The smallest absolute Gasteiger partial charge is 0.326 e. The number of carboxylic acid groups (broad SMARTS) is 1. The number of H-pyrrole nitrogens is 1. The highest BCUT2D eigenvalue weighted by Gasteiger charge is 2.34. The molecule has 0 unspecified atom stereocenters. The van der Waals surface area contributed by atoms with Crippen LogP contribution in [0.5, 0.6) is 0 Å². The molecule has 2 heterocycles. The van der Waals surface area contributed by atoms with Crippen LogP contribution in [0.1, 0.15) is 30.4 Å². The maximum atomic E-state index is 13.6. The van der Waals surface area contributed by atoms with E-state index in [4.69, 9.17) is 5.73 Å². The molecule has 0 bridgehead atoms. The SMILES string of the molecule is NCCCC[C@@H]1CN([C@@H](Cc2c[nH]c3ccccc23)C(=O)O)C(=O)CSC[C@H](NCc2cccc3ccccc23)C(=O)N1. The highest BCUT2D eigenvalue weighted by molar-refractivity contribution is 8.00. The Morgan fingerprint density at radius 1 is 1.02 bits per heavy atom. The van der Waals surface area contributed by atoms with Gasteiger partial charge in [0.25, 0.3) is 0 Å². The molecular formula is C33H39N5O4S. The van der Waals surface area contributed by atoms with E-state index in [2.05, 4.69) is 39.9 Å². The molecule has 6 N–H and O–H groups in total. The molecule has 0 spiro atoms. The second kappa shape index (κ2) is 14.5. The van der Waals surface area contributed by atoms with E-state index >= 15 is 0 Å². The topological polar surface area (TPSA) is 141 Å². The van der Waals surface area contributed by atoms with E-state index < -0.39 is 24.1 Å². The predicted octanol–water partition coefficient (Wildman–Crippen LogP) is 3.66. The van der Waals surface area contributed by atoms with Gasteiger partial charge in [-0.2, -0.15) is 0 Å². The zero-order valence-electron chi connectivity index (χ0n) is 24.1. The van der Waals surface area contributed by atoms with Crippen molar-refractivity contribution in [1.29, 1.82) is 0 Å². The normalized spacial score (nSPS) is 19.0. The van der Waals surface area contributed by atoms with E-state index in [-0.39, 0.29) is 30.5 Å². The first kappa shape index (κ1) is 30.6. The van der Waals surface area contributed by atoms with Gasteiger partial charge in [-0.05, 0) is 47.4 Å². The molecular weight excluding hydrogens is 562 g/mol. The number of rotatable bonds is 11. The molecule has 1 saturated heterocycles. The molecule has 1 aliphatic rings. The lowest BCUT2D eigenvalue weighted by Crippen LogP contribution is -2.57. The number of hydrogen-bond donors (Lipinski definition) is 5. The Balaban J connectivity index is 1.34. The Bertz CT molecular complexity index is 1570. The standard InChI is InChI=1S/C33H39N5O4S/c34-15-6-5-11-25-19-38(30(33(41)42)16-24-18-35-28-14-4-3-13-27(24)28)31(39)21-43-20-29(32(40)37-25)36-17-23-10-7-9-22-8-1-2-12-26(22)23/h1-4,7-10,12-14,18,25,29-30,35-36H,5-6,11,15-17,19-21,34H2,(H,37,40)(H,41,42)/t25-,29+,30+/m1/s1. The van der Waals surface area contributed by atoms with E-state index in [1.807, 2.05) is 48.7 Å². The number of fused-ring (bicyclic) bond motifs is 2. The van der Waals surface area contributed by atoms with Crippen molar-refractivity contribution in [2.75, 3.05) is 24.6 Å². The molecule has 10 heteroatoms. The van der Waals surface area contributed by atoms with E-state index in [0.717, 1.165) is 45.6 Å². The third-order valence-corrected chi connectivity index (χ3v) is 9.11. The van der Waals surface area contributed by atoms with Crippen molar-refractivity contribution in [2.24, 2.45) is 5.73 Å². The number of benzene rings is 3. The van der Waals surface area contributed by atoms with Gasteiger partial charge in [-0.15, -0.1) is 11.8 Å². The van der Waals surface area contributed by atoms with Crippen LogP contribution in [0.15, 0.2) is 72.9 Å². The lowest BCUT2D eigenvalue weighted by atomic mass is 10.0. The molecule has 4 aromatic rings. The van der Waals surface area contributed by atoms with Crippen LogP contribution in [0.25, 0.3) is 21.7 Å². The van der Waals surface area contributed by atoms with Gasteiger partial charge >= 0.3 is 5.97 Å². The second-order valence-corrected chi connectivity index (χ2v) is 12.1. The summed E-state index contributed by atoms with van der Waals surface area (Å²) >= 11 is 1.35. The van der Waals surface area contributed by atoms with E-state index in [9.17, 15) is 19.5 Å². The average molecular weight is 602 g/mol. The summed E-state index contributed by atoms with van der Waals surface area (Å²) in [5, 5.41) is 20.1. The number of aromatic amines is 1. The van der Waals surface area contributed by atoms with Crippen LogP contribution in [-0.4, -0.2) is 75.5 Å². The summed E-state index contributed by atoms with van der Waals surface area (Å²) in [5.74, 6) is -0.991. The number of para-hydroxylation sites is 1. The third kappa shape index (κ3) is 7.57. The molecule has 0 radical (unpaired) electrons. The minimum absolute atomic E-state index is 0.0902. The Morgan fingerprint density at radius 3 is 2.60 bits per heavy atom. The average Bonchev–Trinajstić information content (AvgIpc) is 3.42. The van der Waals surface area contributed by atoms with Gasteiger partial charge in [0.1, 0.15) is 6.04 Å². The molecule has 226 valence electrons. The van der Waals surface area contributed by atoms with Crippen molar-refractivity contribution in [3.05, 3.63) is 84.1 Å². The summed E-state index contributed by atoms with van der Waals surface area (Å²) in [6, 6.07) is 20.0. The summed E-state index contributed by atoms with van der Waals surface area (Å²) in [6.45, 7) is 1.14. The number of thioether (sulfide) groups is 1. The summed E-state index contributed by atoms with van der Waals surface area (Å²) in [6.07, 6.45) is 4.10. The second-order valence-electron chi connectivity index (χ2n) is 11.0. The molecule has 9 nitrogen and oxygen atoms in total. The van der Waals surface area contributed by atoms with Gasteiger partial charge in [-0.25, -0.2) is 4.79 Å². The van der Waals surface area contributed by atoms with Crippen molar-refractivity contribution in [2.45, 2.75) is 50.4 Å². The molecule has 0 saturated carbocycles. The number of nitrogens with zero attached hydrogens (tertiary/aromatic N) is 1. The number of hydrogen-bond acceptors (Lipinski definition) is 6. The number of carbonyl (C=O) groups is 3. The molecule has 1 aromatic heterocycles. The summed E-state index contributed by atoms with van der Waals surface area (Å²) in [7, 11) is 0. The van der Waals surface area contributed by atoms with Crippen molar-refractivity contribution in [1.82, 2.24) is 20.5 Å². The minimum Gasteiger partial charge on any atom is -0.480 e. The molecule has 2 amide bonds. The Labute approximate surface area is 255 Å².